The normalized spacial score (nSPS) is 15.4. The van der Waals surface area contributed by atoms with E-state index in [4.69, 9.17) is 26.4 Å². The molecule has 1 aliphatic rings. The van der Waals surface area contributed by atoms with Crippen LogP contribution in [0.1, 0.15) is 18.5 Å². The lowest BCUT2D eigenvalue weighted by Gasteiger charge is -2.24. The number of aryl methyl sites for hydroxylation is 1. The van der Waals surface area contributed by atoms with Crippen LogP contribution in [0.15, 0.2) is 36.4 Å². The topological polar surface area (TPSA) is 77.2 Å². The first kappa shape index (κ1) is 17.3. The van der Waals surface area contributed by atoms with Crippen LogP contribution in [0, 0.1) is 6.92 Å². The second-order valence-corrected chi connectivity index (χ2v) is 7.33. The van der Waals surface area contributed by atoms with Crippen molar-refractivity contribution in [1.82, 2.24) is 24.6 Å². The van der Waals surface area contributed by atoms with Crippen molar-refractivity contribution in [2.75, 3.05) is 18.5 Å². The quantitative estimate of drug-likeness (QED) is 0.531. The maximum Gasteiger partial charge on any atom is 0.159 e. The van der Waals surface area contributed by atoms with Crippen molar-refractivity contribution in [3.63, 3.8) is 0 Å². The maximum atomic E-state index is 6.26. The third kappa shape index (κ3) is 3.16. The molecule has 0 unspecified atom stereocenters. The Balaban J connectivity index is 1.60. The van der Waals surface area contributed by atoms with Crippen LogP contribution in [-0.2, 0) is 4.74 Å². The molecule has 7 nitrogen and oxygen atoms in total. The molecule has 1 aromatic carbocycles. The van der Waals surface area contributed by atoms with Gasteiger partial charge in [-0.3, -0.25) is 0 Å². The number of aromatic nitrogens is 5. The predicted octanol–water partition coefficient (Wildman–Crippen LogP) is 3.89. The summed E-state index contributed by atoms with van der Waals surface area (Å²) in [6, 6.07) is 11.9. The number of rotatable bonds is 3. The van der Waals surface area contributed by atoms with Crippen molar-refractivity contribution in [1.29, 1.82) is 0 Å². The molecule has 1 saturated heterocycles. The summed E-state index contributed by atoms with van der Waals surface area (Å²) >= 11 is 6.26. The highest BCUT2D eigenvalue weighted by Gasteiger charge is 2.18. The Morgan fingerprint density at radius 3 is 2.61 bits per heavy atom. The molecular weight excluding hydrogens is 376 g/mol. The summed E-state index contributed by atoms with van der Waals surface area (Å²) in [7, 11) is 0. The van der Waals surface area contributed by atoms with Crippen molar-refractivity contribution >= 4 is 34.1 Å². The van der Waals surface area contributed by atoms with E-state index in [0.717, 1.165) is 60.0 Å². The van der Waals surface area contributed by atoms with Gasteiger partial charge < -0.3 is 10.1 Å². The summed E-state index contributed by atoms with van der Waals surface area (Å²) < 4.78 is 7.23. The number of benzene rings is 1. The van der Waals surface area contributed by atoms with Crippen molar-refractivity contribution in [2.24, 2.45) is 0 Å². The van der Waals surface area contributed by atoms with E-state index in [2.05, 4.69) is 15.3 Å². The minimum absolute atomic E-state index is 0.324. The lowest BCUT2D eigenvalue weighted by atomic mass is 10.1. The first-order valence-corrected chi connectivity index (χ1v) is 9.69. The van der Waals surface area contributed by atoms with Gasteiger partial charge >= 0.3 is 0 Å². The second-order valence-electron chi connectivity index (χ2n) is 6.94. The summed E-state index contributed by atoms with van der Waals surface area (Å²) in [6.45, 7) is 3.46. The van der Waals surface area contributed by atoms with Crippen LogP contribution in [0.2, 0.25) is 5.15 Å². The molecular formula is C20H19ClN6O. The van der Waals surface area contributed by atoms with E-state index in [-0.39, 0.29) is 0 Å². The van der Waals surface area contributed by atoms with Gasteiger partial charge in [0.15, 0.2) is 5.65 Å². The number of anilines is 1. The minimum atomic E-state index is 0.324. The number of hydrogen-bond acceptors (Lipinski definition) is 6. The zero-order valence-electron chi connectivity index (χ0n) is 15.4. The van der Waals surface area contributed by atoms with Gasteiger partial charge in [0.2, 0.25) is 0 Å². The highest BCUT2D eigenvalue weighted by Crippen LogP contribution is 2.26. The molecule has 0 amide bonds. The van der Waals surface area contributed by atoms with Gasteiger partial charge in [-0.25, -0.2) is 15.0 Å². The number of nitrogens with zero attached hydrogens (tertiary/aromatic N) is 5. The SMILES string of the molecule is Cc1nc2ccccc2nc1-c1cc2nc(Cl)cc(NC3CCOCC3)n2n1. The Labute approximate surface area is 166 Å². The average Bonchev–Trinajstić information content (AvgIpc) is 3.12. The Morgan fingerprint density at radius 1 is 1.07 bits per heavy atom. The van der Waals surface area contributed by atoms with Gasteiger partial charge in [0.1, 0.15) is 22.4 Å². The van der Waals surface area contributed by atoms with Crippen LogP contribution >= 0.6 is 11.6 Å². The van der Waals surface area contributed by atoms with E-state index in [1.165, 1.54) is 0 Å². The fraction of sp³-hybridized carbons (Fsp3) is 0.300. The van der Waals surface area contributed by atoms with Crippen LogP contribution in [0.5, 0.6) is 0 Å². The number of fused-ring (bicyclic) bond motifs is 2. The van der Waals surface area contributed by atoms with Gasteiger partial charge in [0.25, 0.3) is 0 Å². The number of para-hydroxylation sites is 2. The smallest absolute Gasteiger partial charge is 0.159 e. The van der Waals surface area contributed by atoms with Crippen molar-refractivity contribution in [3.05, 3.63) is 47.2 Å². The molecule has 28 heavy (non-hydrogen) atoms. The first-order chi connectivity index (χ1) is 13.7. The summed E-state index contributed by atoms with van der Waals surface area (Å²) in [5.41, 5.74) is 4.68. The zero-order valence-corrected chi connectivity index (χ0v) is 16.1. The molecule has 142 valence electrons. The number of halogens is 1. The molecule has 8 heteroatoms. The number of ether oxygens (including phenoxy) is 1. The Hall–Kier alpha value is -2.77. The minimum Gasteiger partial charge on any atom is -0.381 e. The van der Waals surface area contributed by atoms with E-state index in [1.807, 2.05) is 37.3 Å². The molecule has 0 saturated carbocycles. The van der Waals surface area contributed by atoms with Crippen molar-refractivity contribution < 1.29 is 4.74 Å². The molecule has 0 bridgehead atoms. The largest absolute Gasteiger partial charge is 0.381 e. The summed E-state index contributed by atoms with van der Waals surface area (Å²) in [4.78, 5) is 13.9. The molecule has 4 aromatic rings. The molecule has 3 aromatic heterocycles. The van der Waals surface area contributed by atoms with Crippen LogP contribution in [0.4, 0.5) is 5.82 Å². The summed E-state index contributed by atoms with van der Waals surface area (Å²) in [6.07, 6.45) is 1.90. The average molecular weight is 395 g/mol. The Kier molecular flexibility index (Phi) is 4.33. The third-order valence-corrected chi connectivity index (χ3v) is 5.15. The Morgan fingerprint density at radius 2 is 1.82 bits per heavy atom. The van der Waals surface area contributed by atoms with Crippen molar-refractivity contribution in [3.8, 4) is 11.4 Å². The highest BCUT2D eigenvalue weighted by atomic mass is 35.5. The number of hydrogen-bond donors (Lipinski definition) is 1. The standard InChI is InChI=1S/C20H19ClN6O/c1-12-20(24-15-5-3-2-4-14(15)22-12)16-10-18-25-17(21)11-19(27(18)26-16)23-13-6-8-28-9-7-13/h2-5,10-11,13,23H,6-9H2,1H3. The van der Waals surface area contributed by atoms with Crippen LogP contribution in [0.3, 0.4) is 0 Å². The molecule has 1 N–H and O–H groups in total. The van der Waals surface area contributed by atoms with E-state index in [1.54, 1.807) is 10.6 Å². The highest BCUT2D eigenvalue weighted by molar-refractivity contribution is 6.29. The molecule has 0 aliphatic carbocycles. The molecule has 0 radical (unpaired) electrons. The lowest BCUT2D eigenvalue weighted by molar-refractivity contribution is 0.0903. The second kappa shape index (κ2) is 7.00. The molecule has 1 aliphatic heterocycles. The van der Waals surface area contributed by atoms with Gasteiger partial charge in [-0.05, 0) is 31.9 Å². The van der Waals surface area contributed by atoms with E-state index < -0.39 is 0 Å². The fourth-order valence-electron chi connectivity index (χ4n) is 3.54. The maximum absolute atomic E-state index is 6.26. The van der Waals surface area contributed by atoms with Crippen molar-refractivity contribution in [2.45, 2.75) is 25.8 Å². The van der Waals surface area contributed by atoms with Crippen LogP contribution in [0.25, 0.3) is 28.1 Å². The molecule has 1 fully saturated rings. The van der Waals surface area contributed by atoms with Gasteiger partial charge in [-0.15, -0.1) is 0 Å². The lowest BCUT2D eigenvalue weighted by Crippen LogP contribution is -2.28. The summed E-state index contributed by atoms with van der Waals surface area (Å²) in [5.74, 6) is 0.819. The van der Waals surface area contributed by atoms with Gasteiger partial charge in [-0.1, -0.05) is 23.7 Å². The predicted molar refractivity (Wildman–Crippen MR) is 109 cm³/mol. The summed E-state index contributed by atoms with van der Waals surface area (Å²) in [5, 5.41) is 8.72. The fourth-order valence-corrected chi connectivity index (χ4v) is 3.73. The van der Waals surface area contributed by atoms with E-state index >= 15 is 0 Å². The van der Waals surface area contributed by atoms with Gasteiger partial charge in [0.05, 0.1) is 16.7 Å². The first-order valence-electron chi connectivity index (χ1n) is 9.32. The molecule has 0 spiro atoms. The Bertz CT molecular complexity index is 1170. The van der Waals surface area contributed by atoms with Gasteiger partial charge in [0, 0.05) is 31.4 Å². The molecule has 5 rings (SSSR count). The molecule has 4 heterocycles. The monoisotopic (exact) mass is 394 g/mol. The van der Waals surface area contributed by atoms with E-state index in [0.29, 0.717) is 16.8 Å². The molecule has 0 atom stereocenters. The third-order valence-electron chi connectivity index (χ3n) is 4.96. The van der Waals surface area contributed by atoms with Crippen LogP contribution in [-0.4, -0.2) is 43.8 Å². The van der Waals surface area contributed by atoms with E-state index in [9.17, 15) is 0 Å². The van der Waals surface area contributed by atoms with Gasteiger partial charge in [-0.2, -0.15) is 9.61 Å². The zero-order chi connectivity index (χ0) is 19.1. The van der Waals surface area contributed by atoms with Crippen LogP contribution < -0.4 is 5.32 Å². The number of nitrogens with one attached hydrogen (secondary N) is 1.